The lowest BCUT2D eigenvalue weighted by Gasteiger charge is -2.14. The van der Waals surface area contributed by atoms with E-state index in [-0.39, 0.29) is 17.7 Å². The van der Waals surface area contributed by atoms with E-state index in [1.807, 2.05) is 18.7 Å². The first-order valence-corrected chi connectivity index (χ1v) is 8.42. The van der Waals surface area contributed by atoms with Crippen molar-refractivity contribution in [2.45, 2.75) is 44.3 Å². The van der Waals surface area contributed by atoms with Gasteiger partial charge in [-0.15, -0.1) is 0 Å². The summed E-state index contributed by atoms with van der Waals surface area (Å²) < 4.78 is 0. The molecule has 2 fully saturated rings. The van der Waals surface area contributed by atoms with Gasteiger partial charge in [0.2, 0.25) is 11.8 Å². The van der Waals surface area contributed by atoms with Gasteiger partial charge in [-0.05, 0) is 19.8 Å². The average molecular weight is 284 g/mol. The fraction of sp³-hybridized carbons (Fsp3) is 0.857. The van der Waals surface area contributed by atoms with Crippen LogP contribution in [0.25, 0.3) is 0 Å². The van der Waals surface area contributed by atoms with Gasteiger partial charge in [0.05, 0.1) is 5.92 Å². The highest BCUT2D eigenvalue weighted by molar-refractivity contribution is 7.99. The van der Waals surface area contributed by atoms with Crippen LogP contribution in [0.5, 0.6) is 0 Å². The van der Waals surface area contributed by atoms with E-state index in [4.69, 9.17) is 0 Å². The van der Waals surface area contributed by atoms with Crippen LogP contribution in [-0.2, 0) is 9.59 Å². The molecule has 0 bridgehead atoms. The molecular formula is C14H24N2O2S. The number of hydrogen-bond donors (Lipinski definition) is 1. The predicted octanol–water partition coefficient (Wildman–Crippen LogP) is 1.65. The Balaban J connectivity index is 1.60. The van der Waals surface area contributed by atoms with Gasteiger partial charge in [-0.3, -0.25) is 9.59 Å². The SMILES string of the molecule is CCN1C[C@H](C(=O)NCCSC2CCCC2)CC1=O. The van der Waals surface area contributed by atoms with Gasteiger partial charge in [-0.25, -0.2) is 0 Å². The summed E-state index contributed by atoms with van der Waals surface area (Å²) in [7, 11) is 0. The molecule has 0 aromatic rings. The van der Waals surface area contributed by atoms with E-state index in [1.54, 1.807) is 4.90 Å². The molecule has 1 aliphatic carbocycles. The van der Waals surface area contributed by atoms with E-state index >= 15 is 0 Å². The van der Waals surface area contributed by atoms with Crippen LogP contribution in [0.4, 0.5) is 0 Å². The second kappa shape index (κ2) is 7.17. The van der Waals surface area contributed by atoms with E-state index in [0.29, 0.717) is 19.5 Å². The Bertz CT molecular complexity index is 329. The van der Waals surface area contributed by atoms with Gasteiger partial charge >= 0.3 is 0 Å². The molecule has 0 aromatic heterocycles. The maximum absolute atomic E-state index is 11.9. The van der Waals surface area contributed by atoms with E-state index in [1.165, 1.54) is 25.7 Å². The molecule has 1 saturated heterocycles. The zero-order valence-corrected chi connectivity index (χ0v) is 12.5. The van der Waals surface area contributed by atoms with Crippen LogP contribution in [0, 0.1) is 5.92 Å². The van der Waals surface area contributed by atoms with Crippen molar-refractivity contribution >= 4 is 23.6 Å². The van der Waals surface area contributed by atoms with Crippen molar-refractivity contribution in [2.24, 2.45) is 5.92 Å². The Morgan fingerprint density at radius 2 is 2.16 bits per heavy atom. The van der Waals surface area contributed by atoms with Crippen molar-refractivity contribution in [1.29, 1.82) is 0 Å². The van der Waals surface area contributed by atoms with Crippen LogP contribution in [0.3, 0.4) is 0 Å². The largest absolute Gasteiger partial charge is 0.355 e. The third-order valence-electron chi connectivity index (χ3n) is 4.02. The number of rotatable bonds is 6. The lowest BCUT2D eigenvalue weighted by Crippen LogP contribution is -2.34. The predicted molar refractivity (Wildman–Crippen MR) is 78.1 cm³/mol. The third kappa shape index (κ3) is 4.13. The molecule has 2 rings (SSSR count). The lowest BCUT2D eigenvalue weighted by atomic mass is 10.1. The molecule has 1 N–H and O–H groups in total. The second-order valence-corrected chi connectivity index (χ2v) is 6.81. The fourth-order valence-corrected chi connectivity index (χ4v) is 4.07. The van der Waals surface area contributed by atoms with Gasteiger partial charge in [-0.1, -0.05) is 12.8 Å². The Morgan fingerprint density at radius 3 is 2.79 bits per heavy atom. The van der Waals surface area contributed by atoms with Crippen LogP contribution in [0.1, 0.15) is 39.0 Å². The second-order valence-electron chi connectivity index (χ2n) is 5.40. The van der Waals surface area contributed by atoms with Crippen molar-refractivity contribution in [3.8, 4) is 0 Å². The topological polar surface area (TPSA) is 49.4 Å². The number of nitrogens with one attached hydrogen (secondary N) is 1. The Hall–Kier alpha value is -0.710. The standard InChI is InChI=1S/C14H24N2O2S/c1-2-16-10-11(9-13(16)17)14(18)15-7-8-19-12-5-3-4-6-12/h11-12H,2-10H2,1H3,(H,15,18)/t11-/m1/s1. The highest BCUT2D eigenvalue weighted by Crippen LogP contribution is 2.28. The maximum Gasteiger partial charge on any atom is 0.225 e. The molecule has 1 atom stereocenters. The zero-order chi connectivity index (χ0) is 13.7. The van der Waals surface area contributed by atoms with Gasteiger partial charge in [0.25, 0.3) is 0 Å². The first-order chi connectivity index (χ1) is 9.20. The minimum atomic E-state index is -0.135. The number of thioether (sulfide) groups is 1. The van der Waals surface area contributed by atoms with Gasteiger partial charge in [-0.2, -0.15) is 11.8 Å². The van der Waals surface area contributed by atoms with Crippen LogP contribution in [0.2, 0.25) is 0 Å². The first kappa shape index (κ1) is 14.7. The van der Waals surface area contributed by atoms with Gasteiger partial charge < -0.3 is 10.2 Å². The quantitative estimate of drug-likeness (QED) is 0.755. The average Bonchev–Trinajstić information content (AvgIpc) is 3.03. The number of amides is 2. The Morgan fingerprint density at radius 1 is 1.42 bits per heavy atom. The molecule has 0 spiro atoms. The Labute approximate surface area is 119 Å². The van der Waals surface area contributed by atoms with Crippen LogP contribution >= 0.6 is 11.8 Å². The highest BCUT2D eigenvalue weighted by Gasteiger charge is 2.33. The molecule has 108 valence electrons. The van der Waals surface area contributed by atoms with Crippen LogP contribution < -0.4 is 5.32 Å². The van der Waals surface area contributed by atoms with Gasteiger partial charge in [0, 0.05) is 37.1 Å². The molecule has 0 unspecified atom stereocenters. The molecule has 0 radical (unpaired) electrons. The summed E-state index contributed by atoms with van der Waals surface area (Å²) in [5, 5.41) is 3.78. The van der Waals surface area contributed by atoms with E-state index in [2.05, 4.69) is 5.32 Å². The molecule has 2 amide bonds. The molecule has 1 saturated carbocycles. The number of nitrogens with zero attached hydrogens (tertiary/aromatic N) is 1. The van der Waals surface area contributed by atoms with Crippen molar-refractivity contribution in [3.05, 3.63) is 0 Å². The molecule has 4 nitrogen and oxygen atoms in total. The monoisotopic (exact) mass is 284 g/mol. The number of hydrogen-bond acceptors (Lipinski definition) is 3. The van der Waals surface area contributed by atoms with E-state index in [0.717, 1.165) is 17.5 Å². The summed E-state index contributed by atoms with van der Waals surface area (Å²) in [4.78, 5) is 25.3. The molecular weight excluding hydrogens is 260 g/mol. The first-order valence-electron chi connectivity index (χ1n) is 7.37. The number of carbonyl (C=O) groups is 2. The summed E-state index contributed by atoms with van der Waals surface area (Å²) >= 11 is 1.98. The number of likely N-dealkylation sites (tertiary alicyclic amines) is 1. The molecule has 2 aliphatic rings. The third-order valence-corrected chi connectivity index (χ3v) is 5.41. The van der Waals surface area contributed by atoms with Crippen molar-refractivity contribution in [2.75, 3.05) is 25.4 Å². The summed E-state index contributed by atoms with van der Waals surface area (Å²) in [5.41, 5.74) is 0. The number of carbonyl (C=O) groups excluding carboxylic acids is 2. The zero-order valence-electron chi connectivity index (χ0n) is 11.7. The van der Waals surface area contributed by atoms with E-state index in [9.17, 15) is 9.59 Å². The van der Waals surface area contributed by atoms with Crippen LogP contribution in [0.15, 0.2) is 0 Å². The minimum absolute atomic E-state index is 0.0521. The van der Waals surface area contributed by atoms with Gasteiger partial charge in [0.15, 0.2) is 0 Å². The molecule has 1 heterocycles. The minimum Gasteiger partial charge on any atom is -0.355 e. The van der Waals surface area contributed by atoms with Crippen LogP contribution in [-0.4, -0.2) is 47.4 Å². The highest BCUT2D eigenvalue weighted by atomic mass is 32.2. The van der Waals surface area contributed by atoms with Crippen molar-refractivity contribution in [3.63, 3.8) is 0 Å². The van der Waals surface area contributed by atoms with E-state index < -0.39 is 0 Å². The smallest absolute Gasteiger partial charge is 0.225 e. The molecule has 0 aromatic carbocycles. The summed E-state index contributed by atoms with van der Waals surface area (Å²) in [6.45, 7) is 3.99. The van der Waals surface area contributed by atoms with Crippen molar-refractivity contribution < 1.29 is 9.59 Å². The van der Waals surface area contributed by atoms with Gasteiger partial charge in [0.1, 0.15) is 0 Å². The van der Waals surface area contributed by atoms with Crippen molar-refractivity contribution in [1.82, 2.24) is 10.2 Å². The summed E-state index contributed by atoms with van der Waals surface area (Å²) in [6, 6.07) is 0. The molecule has 1 aliphatic heterocycles. The summed E-state index contributed by atoms with van der Waals surface area (Å²) in [6.07, 6.45) is 5.78. The normalized spacial score (nSPS) is 24.2. The molecule has 19 heavy (non-hydrogen) atoms. The lowest BCUT2D eigenvalue weighted by molar-refractivity contribution is -0.128. The Kier molecular flexibility index (Phi) is 5.55. The molecule has 5 heteroatoms. The maximum atomic E-state index is 11.9. The summed E-state index contributed by atoms with van der Waals surface area (Å²) in [5.74, 6) is 1.03. The fourth-order valence-electron chi connectivity index (χ4n) is 2.85.